The lowest BCUT2D eigenvalue weighted by Crippen LogP contribution is -2.29. The van der Waals surface area contributed by atoms with Crippen LogP contribution in [0.4, 0.5) is 0 Å². The van der Waals surface area contributed by atoms with E-state index in [9.17, 15) is 9.59 Å². The van der Waals surface area contributed by atoms with Crippen molar-refractivity contribution in [3.8, 4) is 0 Å². The van der Waals surface area contributed by atoms with Crippen LogP contribution in [0.2, 0.25) is 0 Å². The first-order valence-electron chi connectivity index (χ1n) is 8.46. The van der Waals surface area contributed by atoms with Crippen molar-refractivity contribution in [2.45, 2.75) is 45.4 Å². The van der Waals surface area contributed by atoms with Crippen LogP contribution in [-0.2, 0) is 26.2 Å². The standard InChI is InChI=1S/C20H27NO3/c1-20(2,3)17-8-5-15(6-9-17)11-13-21-14-12-16(19(21)23)7-10-18(22)24-4/h5-6,8-9,12H,7,10-11,13-14H2,1-4H3. The number of nitrogens with zero attached hydrogens (tertiary/aromatic N) is 1. The molecular weight excluding hydrogens is 302 g/mol. The molecule has 2 rings (SSSR count). The predicted octanol–water partition coefficient (Wildman–Crippen LogP) is 3.25. The van der Waals surface area contributed by atoms with Crippen LogP contribution in [0.15, 0.2) is 35.9 Å². The minimum absolute atomic E-state index is 0.0465. The van der Waals surface area contributed by atoms with E-state index in [0.717, 1.165) is 12.0 Å². The number of carbonyl (C=O) groups excluding carboxylic acids is 2. The third-order valence-electron chi connectivity index (χ3n) is 4.44. The number of ether oxygens (including phenoxy) is 1. The first kappa shape index (κ1) is 18.2. The summed E-state index contributed by atoms with van der Waals surface area (Å²) in [6.07, 6.45) is 3.49. The van der Waals surface area contributed by atoms with Crippen molar-refractivity contribution < 1.29 is 14.3 Å². The monoisotopic (exact) mass is 329 g/mol. The van der Waals surface area contributed by atoms with Crippen molar-refractivity contribution in [3.05, 3.63) is 47.0 Å². The number of amides is 1. The third-order valence-corrected chi connectivity index (χ3v) is 4.44. The Kier molecular flexibility index (Phi) is 5.81. The molecule has 0 spiro atoms. The molecule has 1 aliphatic rings. The highest BCUT2D eigenvalue weighted by Gasteiger charge is 2.23. The highest BCUT2D eigenvalue weighted by atomic mass is 16.5. The molecule has 0 atom stereocenters. The van der Waals surface area contributed by atoms with Crippen LogP contribution < -0.4 is 0 Å². The van der Waals surface area contributed by atoms with Gasteiger partial charge >= 0.3 is 5.97 Å². The maximum absolute atomic E-state index is 12.3. The molecule has 4 nitrogen and oxygen atoms in total. The summed E-state index contributed by atoms with van der Waals surface area (Å²) in [6.45, 7) is 7.94. The molecule has 0 fully saturated rings. The van der Waals surface area contributed by atoms with E-state index in [-0.39, 0.29) is 23.7 Å². The smallest absolute Gasteiger partial charge is 0.305 e. The highest BCUT2D eigenvalue weighted by Crippen LogP contribution is 2.23. The number of rotatable bonds is 6. The fourth-order valence-corrected chi connectivity index (χ4v) is 2.77. The Morgan fingerprint density at radius 1 is 1.17 bits per heavy atom. The molecule has 0 saturated carbocycles. The van der Waals surface area contributed by atoms with E-state index in [1.165, 1.54) is 18.2 Å². The summed E-state index contributed by atoms with van der Waals surface area (Å²) in [7, 11) is 1.37. The molecule has 24 heavy (non-hydrogen) atoms. The van der Waals surface area contributed by atoms with Crippen LogP contribution in [0.25, 0.3) is 0 Å². The zero-order valence-corrected chi connectivity index (χ0v) is 15.1. The summed E-state index contributed by atoms with van der Waals surface area (Å²) < 4.78 is 4.62. The average molecular weight is 329 g/mol. The van der Waals surface area contributed by atoms with Gasteiger partial charge in [0.25, 0.3) is 0 Å². The van der Waals surface area contributed by atoms with E-state index in [4.69, 9.17) is 0 Å². The van der Waals surface area contributed by atoms with Crippen molar-refractivity contribution in [2.75, 3.05) is 20.2 Å². The number of hydrogen-bond donors (Lipinski definition) is 0. The van der Waals surface area contributed by atoms with E-state index in [2.05, 4.69) is 49.8 Å². The van der Waals surface area contributed by atoms with Crippen molar-refractivity contribution >= 4 is 11.9 Å². The van der Waals surface area contributed by atoms with Crippen LogP contribution in [0.1, 0.15) is 44.7 Å². The average Bonchev–Trinajstić information content (AvgIpc) is 2.90. The lowest BCUT2D eigenvalue weighted by atomic mass is 9.86. The molecule has 130 valence electrons. The van der Waals surface area contributed by atoms with Crippen LogP contribution in [-0.4, -0.2) is 37.0 Å². The molecule has 0 bridgehead atoms. The molecule has 1 amide bonds. The van der Waals surface area contributed by atoms with Crippen molar-refractivity contribution in [2.24, 2.45) is 0 Å². The van der Waals surface area contributed by atoms with Crippen molar-refractivity contribution in [3.63, 3.8) is 0 Å². The van der Waals surface area contributed by atoms with Gasteiger partial charge in [0.05, 0.1) is 7.11 Å². The molecule has 0 unspecified atom stereocenters. The van der Waals surface area contributed by atoms with E-state index < -0.39 is 0 Å². The zero-order valence-electron chi connectivity index (χ0n) is 15.1. The molecule has 1 aromatic carbocycles. The van der Waals surface area contributed by atoms with Crippen molar-refractivity contribution in [1.29, 1.82) is 0 Å². The van der Waals surface area contributed by atoms with Gasteiger partial charge in [-0.25, -0.2) is 0 Å². The van der Waals surface area contributed by atoms with Gasteiger partial charge in [0.15, 0.2) is 0 Å². The van der Waals surface area contributed by atoms with Crippen molar-refractivity contribution in [1.82, 2.24) is 4.90 Å². The quantitative estimate of drug-likeness (QED) is 0.753. The van der Waals surface area contributed by atoms with Crippen LogP contribution in [0.3, 0.4) is 0 Å². The Morgan fingerprint density at radius 2 is 1.83 bits per heavy atom. The number of benzene rings is 1. The highest BCUT2D eigenvalue weighted by molar-refractivity contribution is 5.96. The Morgan fingerprint density at radius 3 is 2.42 bits per heavy atom. The van der Waals surface area contributed by atoms with Gasteiger partial charge in [-0.1, -0.05) is 51.1 Å². The van der Waals surface area contributed by atoms with E-state index in [1.807, 2.05) is 11.0 Å². The molecule has 1 heterocycles. The molecule has 0 radical (unpaired) electrons. The Hall–Kier alpha value is -2.10. The van der Waals surface area contributed by atoms with Gasteiger partial charge in [-0.15, -0.1) is 0 Å². The molecule has 1 aromatic rings. The van der Waals surface area contributed by atoms with Gasteiger partial charge < -0.3 is 9.64 Å². The maximum atomic E-state index is 12.3. The number of hydrogen-bond acceptors (Lipinski definition) is 3. The summed E-state index contributed by atoms with van der Waals surface area (Å²) in [5.74, 6) is -0.230. The molecule has 1 aliphatic heterocycles. The Bertz CT molecular complexity index is 623. The number of carbonyl (C=O) groups is 2. The second-order valence-electron chi connectivity index (χ2n) is 7.25. The molecule has 4 heteroatoms. The zero-order chi connectivity index (χ0) is 17.7. The minimum atomic E-state index is -0.277. The lowest BCUT2D eigenvalue weighted by molar-refractivity contribution is -0.140. The topological polar surface area (TPSA) is 46.6 Å². The van der Waals surface area contributed by atoms with Gasteiger partial charge in [-0.05, 0) is 29.4 Å². The van der Waals surface area contributed by atoms with E-state index >= 15 is 0 Å². The Labute approximate surface area is 144 Å². The number of esters is 1. The molecule has 0 saturated heterocycles. The van der Waals surface area contributed by atoms with Crippen LogP contribution in [0, 0.1) is 0 Å². The number of methoxy groups -OCH3 is 1. The largest absolute Gasteiger partial charge is 0.469 e. The second-order valence-corrected chi connectivity index (χ2v) is 7.25. The van der Waals surface area contributed by atoms with Crippen LogP contribution >= 0.6 is 0 Å². The van der Waals surface area contributed by atoms with E-state index in [1.54, 1.807) is 0 Å². The molecule has 0 aromatic heterocycles. The fraction of sp³-hybridized carbons (Fsp3) is 0.500. The summed E-state index contributed by atoms with van der Waals surface area (Å²) in [6, 6.07) is 8.63. The Balaban J connectivity index is 1.83. The third kappa shape index (κ3) is 4.70. The lowest BCUT2D eigenvalue weighted by Gasteiger charge is -2.20. The summed E-state index contributed by atoms with van der Waals surface area (Å²) in [4.78, 5) is 25.3. The van der Waals surface area contributed by atoms with Gasteiger partial charge in [-0.2, -0.15) is 0 Å². The molecular formula is C20H27NO3. The van der Waals surface area contributed by atoms with Gasteiger partial charge in [-0.3, -0.25) is 9.59 Å². The van der Waals surface area contributed by atoms with Gasteiger partial charge in [0.2, 0.25) is 5.91 Å². The van der Waals surface area contributed by atoms with Gasteiger partial charge in [0.1, 0.15) is 0 Å². The maximum Gasteiger partial charge on any atom is 0.305 e. The summed E-state index contributed by atoms with van der Waals surface area (Å²) >= 11 is 0. The molecule has 0 aliphatic carbocycles. The molecule has 0 N–H and O–H groups in total. The second kappa shape index (κ2) is 7.65. The fourth-order valence-electron chi connectivity index (χ4n) is 2.77. The SMILES string of the molecule is COC(=O)CCC1=CCN(CCc2ccc(C(C)(C)C)cc2)C1=O. The first-order valence-corrected chi connectivity index (χ1v) is 8.46. The predicted molar refractivity (Wildman–Crippen MR) is 94.8 cm³/mol. The van der Waals surface area contributed by atoms with E-state index in [0.29, 0.717) is 19.5 Å². The summed E-state index contributed by atoms with van der Waals surface area (Å²) in [5.41, 5.74) is 3.43. The normalized spacial score (nSPS) is 14.8. The first-order chi connectivity index (χ1) is 11.3. The van der Waals surface area contributed by atoms with Crippen LogP contribution in [0.5, 0.6) is 0 Å². The minimum Gasteiger partial charge on any atom is -0.469 e. The summed E-state index contributed by atoms with van der Waals surface area (Å²) in [5, 5.41) is 0. The van der Waals surface area contributed by atoms with Gasteiger partial charge in [0, 0.05) is 25.1 Å².